The van der Waals surface area contributed by atoms with Crippen molar-refractivity contribution >= 4 is 0 Å². The Labute approximate surface area is 66.2 Å². The highest BCUT2D eigenvalue weighted by molar-refractivity contribution is 5.20. The van der Waals surface area contributed by atoms with Gasteiger partial charge in [-0.2, -0.15) is 0 Å². The lowest BCUT2D eigenvalue weighted by Gasteiger charge is -2.10. The van der Waals surface area contributed by atoms with Crippen molar-refractivity contribution in [2.75, 3.05) is 7.05 Å². The molecule has 0 aromatic heterocycles. The molecule has 1 atom stereocenters. The van der Waals surface area contributed by atoms with Crippen LogP contribution in [0.25, 0.3) is 0 Å². The van der Waals surface area contributed by atoms with Crippen molar-refractivity contribution in [2.24, 2.45) is 0 Å². The molecule has 0 amide bonds. The Morgan fingerprint density at radius 3 is 2.55 bits per heavy atom. The van der Waals surface area contributed by atoms with E-state index in [1.807, 2.05) is 20.0 Å². The zero-order chi connectivity index (χ0) is 8.27. The van der Waals surface area contributed by atoms with E-state index in [0.717, 1.165) is 5.56 Å². The third kappa shape index (κ3) is 1.77. The summed E-state index contributed by atoms with van der Waals surface area (Å²) in [5.41, 5.74) is 0.718. The summed E-state index contributed by atoms with van der Waals surface area (Å²) in [4.78, 5) is 0. The molecular weight excluding hydrogens is 141 g/mol. The third-order valence-electron chi connectivity index (χ3n) is 1.80. The molecule has 1 nitrogen and oxygen atoms in total. The van der Waals surface area contributed by atoms with Gasteiger partial charge in [-0.1, -0.05) is 18.2 Å². The van der Waals surface area contributed by atoms with Crippen LogP contribution in [0.2, 0.25) is 0 Å². The fraction of sp³-hybridized carbons (Fsp3) is 0.333. The summed E-state index contributed by atoms with van der Waals surface area (Å²) in [7, 11) is 1.82. The van der Waals surface area contributed by atoms with Gasteiger partial charge < -0.3 is 5.32 Å². The van der Waals surface area contributed by atoms with Gasteiger partial charge in [0.15, 0.2) is 0 Å². The summed E-state index contributed by atoms with van der Waals surface area (Å²) in [6.45, 7) is 1.93. The van der Waals surface area contributed by atoms with E-state index in [-0.39, 0.29) is 11.9 Å². The topological polar surface area (TPSA) is 12.0 Å². The normalized spacial score (nSPS) is 13.0. The van der Waals surface area contributed by atoms with E-state index in [0.29, 0.717) is 0 Å². The van der Waals surface area contributed by atoms with Crippen LogP contribution >= 0.6 is 0 Å². The average Bonchev–Trinajstić information content (AvgIpc) is 2.04. The van der Waals surface area contributed by atoms with Gasteiger partial charge in [-0.05, 0) is 20.0 Å². The molecule has 0 fully saturated rings. The zero-order valence-corrected chi connectivity index (χ0v) is 6.76. The predicted molar refractivity (Wildman–Crippen MR) is 43.9 cm³/mol. The smallest absolute Gasteiger partial charge is 0.127 e. The molecule has 0 heterocycles. The van der Waals surface area contributed by atoms with Crippen molar-refractivity contribution in [1.82, 2.24) is 5.32 Å². The van der Waals surface area contributed by atoms with E-state index < -0.39 is 0 Å². The van der Waals surface area contributed by atoms with Crippen LogP contribution in [0.15, 0.2) is 24.3 Å². The van der Waals surface area contributed by atoms with Gasteiger partial charge in [0, 0.05) is 11.6 Å². The molecule has 1 unspecified atom stereocenters. The van der Waals surface area contributed by atoms with Crippen molar-refractivity contribution < 1.29 is 4.39 Å². The summed E-state index contributed by atoms with van der Waals surface area (Å²) in [5.74, 6) is -0.144. The van der Waals surface area contributed by atoms with Gasteiger partial charge in [-0.15, -0.1) is 0 Å². The summed E-state index contributed by atoms with van der Waals surface area (Å²) in [6, 6.07) is 6.88. The second-order valence-corrected chi connectivity index (χ2v) is 2.53. The molecule has 0 bridgehead atoms. The minimum Gasteiger partial charge on any atom is -0.313 e. The van der Waals surface area contributed by atoms with Gasteiger partial charge in [0.05, 0.1) is 0 Å². The van der Waals surface area contributed by atoms with Gasteiger partial charge in [0.25, 0.3) is 0 Å². The number of nitrogens with one attached hydrogen (secondary N) is 1. The Balaban J connectivity index is 2.93. The maximum Gasteiger partial charge on any atom is 0.127 e. The van der Waals surface area contributed by atoms with Crippen LogP contribution in [0, 0.1) is 5.82 Å². The average molecular weight is 153 g/mol. The van der Waals surface area contributed by atoms with Crippen LogP contribution in [-0.4, -0.2) is 7.05 Å². The van der Waals surface area contributed by atoms with Crippen LogP contribution in [0.5, 0.6) is 0 Å². The summed E-state index contributed by atoms with van der Waals surface area (Å²) in [5, 5.41) is 2.98. The van der Waals surface area contributed by atoms with Crippen molar-refractivity contribution in [2.45, 2.75) is 13.0 Å². The molecule has 0 saturated heterocycles. The van der Waals surface area contributed by atoms with E-state index in [1.54, 1.807) is 12.1 Å². The Morgan fingerprint density at radius 1 is 1.36 bits per heavy atom. The fourth-order valence-electron chi connectivity index (χ4n) is 0.982. The van der Waals surface area contributed by atoms with Crippen LogP contribution in [-0.2, 0) is 0 Å². The maximum absolute atomic E-state index is 13.0. The lowest BCUT2D eigenvalue weighted by Crippen LogP contribution is -2.13. The first-order valence-electron chi connectivity index (χ1n) is 3.67. The summed E-state index contributed by atoms with van der Waals surface area (Å²) < 4.78 is 13.0. The number of halogens is 1. The second-order valence-electron chi connectivity index (χ2n) is 2.53. The van der Waals surface area contributed by atoms with Gasteiger partial charge >= 0.3 is 0 Å². The quantitative estimate of drug-likeness (QED) is 0.686. The van der Waals surface area contributed by atoms with Gasteiger partial charge in [0.2, 0.25) is 0 Å². The molecule has 1 rings (SSSR count). The summed E-state index contributed by atoms with van der Waals surface area (Å²) >= 11 is 0. The van der Waals surface area contributed by atoms with Crippen LogP contribution in [0.4, 0.5) is 4.39 Å². The second kappa shape index (κ2) is 3.49. The van der Waals surface area contributed by atoms with E-state index >= 15 is 0 Å². The molecule has 0 spiro atoms. The highest BCUT2D eigenvalue weighted by Crippen LogP contribution is 2.14. The van der Waals surface area contributed by atoms with Crippen LogP contribution < -0.4 is 5.32 Å². The molecule has 0 aliphatic carbocycles. The Bertz CT molecular complexity index is 235. The standard InChI is InChI=1S/C9H12FN/c1-7(11-2)8-5-3-4-6-9(8)10/h3-7,11H,1-2H3. The molecule has 60 valence electrons. The Hall–Kier alpha value is -0.890. The van der Waals surface area contributed by atoms with E-state index in [1.165, 1.54) is 6.07 Å². The minimum atomic E-state index is -0.144. The largest absolute Gasteiger partial charge is 0.313 e. The summed E-state index contributed by atoms with van der Waals surface area (Å²) in [6.07, 6.45) is 0. The van der Waals surface area contributed by atoms with E-state index in [4.69, 9.17) is 0 Å². The number of hydrogen-bond donors (Lipinski definition) is 1. The number of rotatable bonds is 2. The predicted octanol–water partition coefficient (Wildman–Crippen LogP) is 2.11. The van der Waals surface area contributed by atoms with E-state index in [2.05, 4.69) is 5.32 Å². The van der Waals surface area contributed by atoms with Crippen molar-refractivity contribution in [3.8, 4) is 0 Å². The highest BCUT2D eigenvalue weighted by Gasteiger charge is 2.05. The number of benzene rings is 1. The molecule has 0 saturated carbocycles. The molecular formula is C9H12FN. The van der Waals surface area contributed by atoms with Gasteiger partial charge in [-0.3, -0.25) is 0 Å². The molecule has 1 N–H and O–H groups in total. The lowest BCUT2D eigenvalue weighted by molar-refractivity contribution is 0.562. The minimum absolute atomic E-state index is 0.0798. The molecule has 2 heteroatoms. The van der Waals surface area contributed by atoms with Crippen molar-refractivity contribution in [3.63, 3.8) is 0 Å². The van der Waals surface area contributed by atoms with Crippen molar-refractivity contribution in [1.29, 1.82) is 0 Å². The monoisotopic (exact) mass is 153 g/mol. The van der Waals surface area contributed by atoms with Gasteiger partial charge in [-0.25, -0.2) is 4.39 Å². The highest BCUT2D eigenvalue weighted by atomic mass is 19.1. The van der Waals surface area contributed by atoms with Crippen LogP contribution in [0.1, 0.15) is 18.5 Å². The molecule has 0 aliphatic heterocycles. The lowest BCUT2D eigenvalue weighted by atomic mass is 10.1. The first-order chi connectivity index (χ1) is 5.25. The zero-order valence-electron chi connectivity index (χ0n) is 6.76. The maximum atomic E-state index is 13.0. The molecule has 11 heavy (non-hydrogen) atoms. The Morgan fingerprint density at radius 2 is 2.00 bits per heavy atom. The molecule has 0 radical (unpaired) electrons. The first kappa shape index (κ1) is 8.21. The molecule has 0 aliphatic rings. The SMILES string of the molecule is CNC(C)c1ccccc1F. The van der Waals surface area contributed by atoms with E-state index in [9.17, 15) is 4.39 Å². The molecule has 1 aromatic rings. The van der Waals surface area contributed by atoms with Crippen LogP contribution in [0.3, 0.4) is 0 Å². The third-order valence-corrected chi connectivity index (χ3v) is 1.80. The molecule has 1 aromatic carbocycles. The fourth-order valence-corrected chi connectivity index (χ4v) is 0.982. The van der Waals surface area contributed by atoms with Gasteiger partial charge in [0.1, 0.15) is 5.82 Å². The van der Waals surface area contributed by atoms with Crippen molar-refractivity contribution in [3.05, 3.63) is 35.6 Å². The first-order valence-corrected chi connectivity index (χ1v) is 3.67. The number of hydrogen-bond acceptors (Lipinski definition) is 1. The Kier molecular flexibility index (Phi) is 2.60.